The highest BCUT2D eigenvalue weighted by Gasteiger charge is 2.22. The first-order valence-electron chi connectivity index (χ1n) is 8.32. The molecule has 6 nitrogen and oxygen atoms in total. The fourth-order valence-corrected chi connectivity index (χ4v) is 2.97. The second-order valence-corrected chi connectivity index (χ2v) is 6.00. The molecule has 1 fully saturated rings. The molecule has 2 aromatic rings. The second kappa shape index (κ2) is 7.79. The number of carbonyl (C=O) groups is 2. The fraction of sp³-hybridized carbons (Fsp3) is 0.316. The molecule has 1 saturated heterocycles. The average Bonchev–Trinajstić information content (AvgIpc) is 2.68. The third-order valence-electron chi connectivity index (χ3n) is 4.35. The number of amides is 1. The van der Waals surface area contributed by atoms with Crippen molar-refractivity contribution in [2.24, 2.45) is 0 Å². The number of methoxy groups -OCH3 is 1. The second-order valence-electron chi connectivity index (χ2n) is 6.00. The molecule has 0 unspecified atom stereocenters. The van der Waals surface area contributed by atoms with Crippen LogP contribution in [-0.4, -0.2) is 43.1 Å². The average molecular weight is 339 g/mol. The number of hydrogen-bond donors (Lipinski definition) is 1. The summed E-state index contributed by atoms with van der Waals surface area (Å²) in [5.41, 5.74) is 0.843. The molecular weight excluding hydrogens is 318 g/mol. The van der Waals surface area contributed by atoms with E-state index >= 15 is 0 Å². The molecule has 1 aliphatic heterocycles. The van der Waals surface area contributed by atoms with Crippen molar-refractivity contribution in [2.45, 2.75) is 18.9 Å². The number of esters is 1. The predicted octanol–water partition coefficient (Wildman–Crippen LogP) is 2.27. The summed E-state index contributed by atoms with van der Waals surface area (Å²) in [4.78, 5) is 30.6. The number of nitrogens with one attached hydrogen (secondary N) is 1. The molecule has 25 heavy (non-hydrogen) atoms. The molecule has 1 amide bonds. The number of anilines is 1. The first-order chi connectivity index (χ1) is 12.2. The molecule has 3 rings (SSSR count). The molecule has 0 radical (unpaired) electrons. The monoisotopic (exact) mass is 339 g/mol. The number of nitrogens with zero attached hydrogens (tertiary/aromatic N) is 2. The Hall–Kier alpha value is -2.89. The highest BCUT2D eigenvalue weighted by Crippen LogP contribution is 2.17. The van der Waals surface area contributed by atoms with Crippen LogP contribution in [0, 0.1) is 0 Å². The summed E-state index contributed by atoms with van der Waals surface area (Å²) in [7, 11) is 1.32. The molecular formula is C19H21N3O3. The molecule has 2 heterocycles. The van der Waals surface area contributed by atoms with Gasteiger partial charge in [0.05, 0.1) is 12.7 Å². The zero-order valence-corrected chi connectivity index (χ0v) is 14.1. The Morgan fingerprint density at radius 2 is 1.88 bits per heavy atom. The Kier molecular flexibility index (Phi) is 5.28. The van der Waals surface area contributed by atoms with Crippen LogP contribution in [0.15, 0.2) is 48.7 Å². The number of hydrogen-bond acceptors (Lipinski definition) is 5. The van der Waals surface area contributed by atoms with Gasteiger partial charge in [0, 0.05) is 30.9 Å². The Bertz CT molecular complexity index is 741. The summed E-state index contributed by atoms with van der Waals surface area (Å²) in [6.07, 6.45) is 3.51. The van der Waals surface area contributed by atoms with E-state index < -0.39 is 5.97 Å². The summed E-state index contributed by atoms with van der Waals surface area (Å²) < 4.78 is 4.69. The first-order valence-corrected chi connectivity index (χ1v) is 8.32. The maximum atomic E-state index is 12.4. The quantitative estimate of drug-likeness (QED) is 0.865. The lowest BCUT2D eigenvalue weighted by Gasteiger charge is -2.33. The van der Waals surface area contributed by atoms with Gasteiger partial charge in [-0.15, -0.1) is 0 Å². The van der Waals surface area contributed by atoms with E-state index in [0.717, 1.165) is 31.7 Å². The van der Waals surface area contributed by atoms with E-state index in [1.54, 1.807) is 30.5 Å². The number of carbonyl (C=O) groups excluding carboxylic acids is 2. The van der Waals surface area contributed by atoms with Crippen molar-refractivity contribution in [1.29, 1.82) is 0 Å². The minimum atomic E-state index is -0.446. The SMILES string of the molecule is COC(=O)c1cccc(C(=O)NC2CCN(c3ccccn3)CC2)c1. The highest BCUT2D eigenvalue weighted by atomic mass is 16.5. The van der Waals surface area contributed by atoms with Crippen molar-refractivity contribution in [3.63, 3.8) is 0 Å². The van der Waals surface area contributed by atoms with Gasteiger partial charge < -0.3 is 15.0 Å². The van der Waals surface area contributed by atoms with Gasteiger partial charge in [-0.05, 0) is 43.2 Å². The highest BCUT2D eigenvalue weighted by molar-refractivity contribution is 5.98. The van der Waals surface area contributed by atoms with E-state index in [4.69, 9.17) is 4.74 Å². The number of rotatable bonds is 4. The van der Waals surface area contributed by atoms with Gasteiger partial charge in [-0.25, -0.2) is 9.78 Å². The summed E-state index contributed by atoms with van der Waals surface area (Å²) >= 11 is 0. The van der Waals surface area contributed by atoms with E-state index in [1.165, 1.54) is 7.11 Å². The van der Waals surface area contributed by atoms with E-state index in [0.29, 0.717) is 11.1 Å². The van der Waals surface area contributed by atoms with Gasteiger partial charge in [-0.1, -0.05) is 12.1 Å². The molecule has 0 spiro atoms. The van der Waals surface area contributed by atoms with Gasteiger partial charge in [0.1, 0.15) is 5.82 Å². The molecule has 1 aromatic heterocycles. The van der Waals surface area contributed by atoms with Crippen LogP contribution in [0.5, 0.6) is 0 Å². The van der Waals surface area contributed by atoms with Gasteiger partial charge in [0.15, 0.2) is 0 Å². The lowest BCUT2D eigenvalue weighted by Crippen LogP contribution is -2.45. The summed E-state index contributed by atoms with van der Waals surface area (Å²) in [6.45, 7) is 1.70. The molecule has 130 valence electrons. The predicted molar refractivity (Wildman–Crippen MR) is 94.7 cm³/mol. The van der Waals surface area contributed by atoms with Crippen LogP contribution in [0.3, 0.4) is 0 Å². The molecule has 1 N–H and O–H groups in total. The van der Waals surface area contributed by atoms with Gasteiger partial charge in [0.25, 0.3) is 5.91 Å². The van der Waals surface area contributed by atoms with Crippen LogP contribution in [0.1, 0.15) is 33.6 Å². The smallest absolute Gasteiger partial charge is 0.337 e. The topological polar surface area (TPSA) is 71.5 Å². The van der Waals surface area contributed by atoms with Crippen LogP contribution in [0.4, 0.5) is 5.82 Å². The van der Waals surface area contributed by atoms with Crippen molar-refractivity contribution in [3.8, 4) is 0 Å². The standard InChI is InChI=1S/C19H21N3O3/c1-25-19(24)15-6-4-5-14(13-15)18(23)21-16-8-11-22(12-9-16)17-7-2-3-10-20-17/h2-7,10,13,16H,8-9,11-12H2,1H3,(H,21,23). The lowest BCUT2D eigenvalue weighted by molar-refractivity contribution is 0.0600. The van der Waals surface area contributed by atoms with E-state index in [1.807, 2.05) is 18.2 Å². The van der Waals surface area contributed by atoms with Gasteiger partial charge in [0.2, 0.25) is 0 Å². The van der Waals surface area contributed by atoms with Crippen molar-refractivity contribution in [3.05, 3.63) is 59.8 Å². The molecule has 1 aliphatic rings. The van der Waals surface area contributed by atoms with E-state index in [9.17, 15) is 9.59 Å². The first kappa shape index (κ1) is 17.0. The van der Waals surface area contributed by atoms with E-state index in [2.05, 4.69) is 15.2 Å². The third kappa shape index (κ3) is 4.15. The molecule has 0 bridgehead atoms. The van der Waals surface area contributed by atoms with Crippen molar-refractivity contribution < 1.29 is 14.3 Å². The molecule has 0 saturated carbocycles. The number of piperidine rings is 1. The maximum absolute atomic E-state index is 12.4. The van der Waals surface area contributed by atoms with Gasteiger partial charge in [-0.3, -0.25) is 4.79 Å². The van der Waals surface area contributed by atoms with Crippen LogP contribution >= 0.6 is 0 Å². The number of aromatic nitrogens is 1. The summed E-state index contributed by atoms with van der Waals surface area (Å²) in [5, 5.41) is 3.05. The lowest BCUT2D eigenvalue weighted by atomic mass is 10.0. The van der Waals surface area contributed by atoms with Gasteiger partial charge >= 0.3 is 5.97 Å². The molecule has 6 heteroatoms. The summed E-state index contributed by atoms with van der Waals surface area (Å²) in [6, 6.07) is 12.6. The Balaban J connectivity index is 1.57. The summed E-state index contributed by atoms with van der Waals surface area (Å²) in [5.74, 6) is 0.360. The van der Waals surface area contributed by atoms with Crippen molar-refractivity contribution in [1.82, 2.24) is 10.3 Å². The minimum absolute atomic E-state index is 0.120. The van der Waals surface area contributed by atoms with Crippen LogP contribution in [0.25, 0.3) is 0 Å². The number of pyridine rings is 1. The van der Waals surface area contributed by atoms with Crippen molar-refractivity contribution >= 4 is 17.7 Å². The third-order valence-corrected chi connectivity index (χ3v) is 4.35. The van der Waals surface area contributed by atoms with Crippen molar-refractivity contribution in [2.75, 3.05) is 25.1 Å². The minimum Gasteiger partial charge on any atom is -0.465 e. The number of ether oxygens (including phenoxy) is 1. The zero-order valence-electron chi connectivity index (χ0n) is 14.1. The van der Waals surface area contributed by atoms with Gasteiger partial charge in [-0.2, -0.15) is 0 Å². The Morgan fingerprint density at radius 1 is 1.12 bits per heavy atom. The molecule has 1 aromatic carbocycles. The van der Waals surface area contributed by atoms with Crippen LogP contribution < -0.4 is 10.2 Å². The number of benzene rings is 1. The van der Waals surface area contributed by atoms with Crippen LogP contribution in [-0.2, 0) is 4.74 Å². The zero-order chi connectivity index (χ0) is 17.6. The largest absolute Gasteiger partial charge is 0.465 e. The Labute approximate surface area is 146 Å². The normalized spacial score (nSPS) is 14.8. The molecule has 0 atom stereocenters. The molecule has 0 aliphatic carbocycles. The van der Waals surface area contributed by atoms with E-state index in [-0.39, 0.29) is 11.9 Å². The fourth-order valence-electron chi connectivity index (χ4n) is 2.97. The Morgan fingerprint density at radius 3 is 2.56 bits per heavy atom. The maximum Gasteiger partial charge on any atom is 0.337 e. The van der Waals surface area contributed by atoms with Crippen LogP contribution in [0.2, 0.25) is 0 Å².